The molecule has 1 heterocycles. The lowest BCUT2D eigenvalue weighted by Gasteiger charge is -2.36. The third-order valence-electron chi connectivity index (χ3n) is 6.93. The Balaban J connectivity index is 2.00. The quantitative estimate of drug-likeness (QED) is 0.139. The molecule has 0 N–H and O–H groups in total. The first-order valence-corrected chi connectivity index (χ1v) is 15.5. The normalized spacial score (nSPS) is 14.6. The summed E-state index contributed by atoms with van der Waals surface area (Å²) in [5, 5.41) is 0. The fourth-order valence-electron chi connectivity index (χ4n) is 5.59. The van der Waals surface area contributed by atoms with Gasteiger partial charge in [0.25, 0.3) is 0 Å². The molecule has 0 radical (unpaired) electrons. The van der Waals surface area contributed by atoms with E-state index in [-0.39, 0.29) is 24.2 Å². The lowest BCUT2D eigenvalue weighted by molar-refractivity contribution is -0.144. The minimum Gasteiger partial charge on any atom is -0.465 e. The molecule has 1 aliphatic heterocycles. The summed E-state index contributed by atoms with van der Waals surface area (Å²) < 4.78 is 37.8. The second kappa shape index (κ2) is 12.3. The number of benzene rings is 2. The fourth-order valence-corrected chi connectivity index (χ4v) is 7.46. The molecule has 1 aliphatic rings. The van der Waals surface area contributed by atoms with Gasteiger partial charge in [0.2, 0.25) is 0 Å². The number of hydrogen-bond donors (Lipinski definition) is 0. The highest BCUT2D eigenvalue weighted by Gasteiger charge is 2.39. The molecule has 0 aromatic heterocycles. The Bertz CT molecular complexity index is 1260. The molecular formula is C32H45O6P. The molecule has 6 nitrogen and oxygen atoms in total. The number of rotatable bonds is 13. The van der Waals surface area contributed by atoms with Gasteiger partial charge in [-0.25, -0.2) is 4.57 Å². The average Bonchev–Trinajstić information content (AvgIpc) is 2.81. The molecular weight excluding hydrogens is 511 g/mol. The molecule has 0 saturated carbocycles. The smallest absolute Gasteiger partial charge is 0.379 e. The van der Waals surface area contributed by atoms with E-state index in [0.29, 0.717) is 23.7 Å². The molecule has 214 valence electrons. The van der Waals surface area contributed by atoms with Gasteiger partial charge in [0, 0.05) is 25.2 Å². The van der Waals surface area contributed by atoms with Gasteiger partial charge in [-0.2, -0.15) is 0 Å². The van der Waals surface area contributed by atoms with Crippen LogP contribution in [0.5, 0.6) is 11.5 Å². The maximum atomic E-state index is 14.2. The van der Waals surface area contributed by atoms with E-state index >= 15 is 0 Å². The zero-order valence-corrected chi connectivity index (χ0v) is 25.8. The zero-order chi connectivity index (χ0) is 29.0. The van der Waals surface area contributed by atoms with Gasteiger partial charge in [-0.1, -0.05) is 77.8 Å². The summed E-state index contributed by atoms with van der Waals surface area (Å²) in [6, 6.07) is 10.1. The average molecular weight is 557 g/mol. The van der Waals surface area contributed by atoms with Crippen molar-refractivity contribution in [3.05, 3.63) is 53.6 Å². The summed E-state index contributed by atoms with van der Waals surface area (Å²) in [6.07, 6.45) is 5.00. The number of aryl methyl sites for hydroxylation is 2. The maximum Gasteiger partial charge on any atom is 0.379 e. The summed E-state index contributed by atoms with van der Waals surface area (Å²) in [6.45, 7) is 18.2. The van der Waals surface area contributed by atoms with Crippen molar-refractivity contribution in [2.75, 3.05) is 19.9 Å². The number of esters is 1. The van der Waals surface area contributed by atoms with E-state index in [9.17, 15) is 9.36 Å². The number of carbonyl (C=O) groups excluding carboxylic acids is 1. The molecule has 2 aromatic carbocycles. The predicted octanol–water partition coefficient (Wildman–Crippen LogP) is 8.98. The van der Waals surface area contributed by atoms with Crippen LogP contribution in [0.25, 0.3) is 16.9 Å². The molecule has 1 atom stereocenters. The van der Waals surface area contributed by atoms with Crippen molar-refractivity contribution in [1.82, 2.24) is 0 Å². The Labute approximate surface area is 234 Å². The van der Waals surface area contributed by atoms with Crippen molar-refractivity contribution >= 4 is 19.3 Å². The summed E-state index contributed by atoms with van der Waals surface area (Å²) >= 11 is 0. The highest BCUT2D eigenvalue weighted by Crippen LogP contribution is 2.57. The van der Waals surface area contributed by atoms with Gasteiger partial charge < -0.3 is 18.5 Å². The maximum absolute atomic E-state index is 14.2. The molecule has 7 heteroatoms. The Hall–Kier alpha value is -2.56. The van der Waals surface area contributed by atoms with Gasteiger partial charge in [0.15, 0.2) is 0 Å². The minimum atomic E-state index is -3.59. The first kappa shape index (κ1) is 31.0. The number of carbonyl (C=O) groups is 1. The summed E-state index contributed by atoms with van der Waals surface area (Å²) in [7, 11) is -2.15. The van der Waals surface area contributed by atoms with Gasteiger partial charge in [0.05, 0.1) is 18.3 Å². The van der Waals surface area contributed by atoms with Gasteiger partial charge in [-0.15, -0.1) is 0 Å². The number of fused-ring (bicyclic) bond motifs is 3. The molecule has 0 aliphatic carbocycles. The second-order valence-corrected chi connectivity index (χ2v) is 14.4. The van der Waals surface area contributed by atoms with Gasteiger partial charge >= 0.3 is 13.6 Å². The third-order valence-corrected chi connectivity index (χ3v) is 9.21. The molecule has 2 aromatic rings. The van der Waals surface area contributed by atoms with E-state index in [1.165, 1.54) is 14.0 Å². The number of unbranched alkanes of at least 4 members (excludes halogenated alkanes) is 2. The van der Waals surface area contributed by atoms with Crippen LogP contribution in [0.1, 0.15) is 83.9 Å². The van der Waals surface area contributed by atoms with Crippen LogP contribution in [0.15, 0.2) is 36.9 Å². The van der Waals surface area contributed by atoms with Crippen LogP contribution < -0.4 is 9.26 Å². The molecule has 0 bridgehead atoms. The molecule has 39 heavy (non-hydrogen) atoms. The standard InChI is InChI=1S/C32H45O6P/c1-10-11-12-13-25-17-28-30(27-16-22(2)14-15-26(27)23(3)37-28)29(18-25)38-39(34,35-9)21-32(7,8)19-31(5,6)20-36-24(4)33/h14-18H,3,10-13,19-21H2,1-2,4-9H3. The van der Waals surface area contributed by atoms with E-state index in [1.807, 2.05) is 58.9 Å². The lowest BCUT2D eigenvalue weighted by atomic mass is 9.76. The summed E-state index contributed by atoms with van der Waals surface area (Å²) in [5.41, 5.74) is 4.02. The fraction of sp³-hybridized carbons (Fsp3) is 0.531. The molecule has 1 unspecified atom stereocenters. The number of ether oxygens (including phenoxy) is 2. The van der Waals surface area contributed by atoms with Crippen molar-refractivity contribution in [2.24, 2.45) is 10.8 Å². The van der Waals surface area contributed by atoms with E-state index in [0.717, 1.165) is 53.5 Å². The topological polar surface area (TPSA) is 71.1 Å². The van der Waals surface area contributed by atoms with E-state index < -0.39 is 13.0 Å². The van der Waals surface area contributed by atoms with Gasteiger partial charge in [0.1, 0.15) is 17.3 Å². The van der Waals surface area contributed by atoms with E-state index in [1.54, 1.807) is 0 Å². The Kier molecular flexibility index (Phi) is 9.78. The Morgan fingerprint density at radius 3 is 2.41 bits per heavy atom. The molecule has 3 rings (SSSR count). The van der Waals surface area contributed by atoms with Crippen LogP contribution in [0.4, 0.5) is 0 Å². The van der Waals surface area contributed by atoms with E-state index in [2.05, 4.69) is 19.6 Å². The van der Waals surface area contributed by atoms with Gasteiger partial charge in [-0.05, 0) is 54.7 Å². The van der Waals surface area contributed by atoms with Crippen molar-refractivity contribution in [1.29, 1.82) is 0 Å². The first-order chi connectivity index (χ1) is 18.2. The molecule has 0 fully saturated rings. The van der Waals surface area contributed by atoms with Crippen LogP contribution in [-0.2, 0) is 25.0 Å². The van der Waals surface area contributed by atoms with Crippen molar-refractivity contribution < 1.29 is 27.9 Å². The molecule has 0 amide bonds. The summed E-state index contributed by atoms with van der Waals surface area (Å²) in [5.74, 6) is 1.43. The SMILES string of the molecule is C=C1Oc2cc(CCCCC)cc(OP(=O)(CC(C)(C)CC(C)(C)COC(C)=O)OC)c2-c2cc(C)ccc21. The predicted molar refractivity (Wildman–Crippen MR) is 158 cm³/mol. The van der Waals surface area contributed by atoms with Crippen LogP contribution in [0.3, 0.4) is 0 Å². The van der Waals surface area contributed by atoms with Crippen LogP contribution in [-0.4, -0.2) is 25.8 Å². The first-order valence-electron chi connectivity index (χ1n) is 13.8. The van der Waals surface area contributed by atoms with Crippen LogP contribution >= 0.6 is 7.60 Å². The Morgan fingerprint density at radius 1 is 1.05 bits per heavy atom. The lowest BCUT2D eigenvalue weighted by Crippen LogP contribution is -2.31. The van der Waals surface area contributed by atoms with Crippen molar-refractivity contribution in [3.8, 4) is 22.6 Å². The zero-order valence-electron chi connectivity index (χ0n) is 24.9. The summed E-state index contributed by atoms with van der Waals surface area (Å²) in [4.78, 5) is 11.4. The molecule has 0 spiro atoms. The van der Waals surface area contributed by atoms with Crippen molar-refractivity contribution in [2.45, 2.75) is 80.6 Å². The van der Waals surface area contributed by atoms with Crippen LogP contribution in [0, 0.1) is 17.8 Å². The monoisotopic (exact) mass is 556 g/mol. The molecule has 0 saturated heterocycles. The van der Waals surface area contributed by atoms with E-state index in [4.69, 9.17) is 18.5 Å². The van der Waals surface area contributed by atoms with Crippen molar-refractivity contribution in [3.63, 3.8) is 0 Å². The van der Waals surface area contributed by atoms with Gasteiger partial charge in [-0.3, -0.25) is 4.79 Å². The Morgan fingerprint density at radius 2 is 1.77 bits per heavy atom. The highest BCUT2D eigenvalue weighted by molar-refractivity contribution is 7.54. The largest absolute Gasteiger partial charge is 0.465 e. The van der Waals surface area contributed by atoms with Crippen LogP contribution in [0.2, 0.25) is 0 Å². The number of hydrogen-bond acceptors (Lipinski definition) is 6. The minimum absolute atomic E-state index is 0.197. The second-order valence-electron chi connectivity index (χ2n) is 12.3. The third kappa shape index (κ3) is 8.22. The highest BCUT2D eigenvalue weighted by atomic mass is 31.2.